The summed E-state index contributed by atoms with van der Waals surface area (Å²) in [6.07, 6.45) is 1.54. The molecule has 4 rings (SSSR count). The van der Waals surface area contributed by atoms with Crippen LogP contribution in [0.1, 0.15) is 21.5 Å². The molecule has 33 heavy (non-hydrogen) atoms. The summed E-state index contributed by atoms with van der Waals surface area (Å²) in [7, 11) is 1.55. The second-order valence-corrected chi connectivity index (χ2v) is 7.97. The average Bonchev–Trinajstić information content (AvgIpc) is 2.83. The number of nitrogens with one attached hydrogen (secondary N) is 1. The number of amides is 1. The summed E-state index contributed by atoms with van der Waals surface area (Å²) in [5, 5.41) is 7.20. The van der Waals surface area contributed by atoms with Gasteiger partial charge >= 0.3 is 0 Å². The third-order valence-corrected chi connectivity index (χ3v) is 5.72. The van der Waals surface area contributed by atoms with Crippen molar-refractivity contribution in [3.05, 3.63) is 106 Å². The van der Waals surface area contributed by atoms with Gasteiger partial charge in [-0.2, -0.15) is 5.10 Å². The minimum atomic E-state index is -0.291. The van der Waals surface area contributed by atoms with E-state index < -0.39 is 0 Å². The Morgan fingerprint density at radius 1 is 0.909 bits per heavy atom. The molecular weight excluding hydrogens is 459 g/mol. The number of hydrogen-bond donors (Lipinski definition) is 1. The largest absolute Gasteiger partial charge is 0.493 e. The van der Waals surface area contributed by atoms with Crippen molar-refractivity contribution in [3.63, 3.8) is 0 Å². The summed E-state index contributed by atoms with van der Waals surface area (Å²) >= 11 is 12.4. The number of benzene rings is 4. The van der Waals surface area contributed by atoms with Gasteiger partial charge in [-0.05, 0) is 58.8 Å². The molecule has 0 heterocycles. The lowest BCUT2D eigenvalue weighted by molar-refractivity contribution is 0.0955. The number of methoxy groups -OCH3 is 1. The van der Waals surface area contributed by atoms with Crippen molar-refractivity contribution in [2.24, 2.45) is 5.10 Å². The molecule has 1 amide bonds. The molecule has 5 nitrogen and oxygen atoms in total. The molecule has 0 radical (unpaired) electrons. The van der Waals surface area contributed by atoms with Crippen molar-refractivity contribution in [1.29, 1.82) is 0 Å². The molecule has 0 spiro atoms. The highest BCUT2D eigenvalue weighted by Gasteiger charge is 2.10. The van der Waals surface area contributed by atoms with Crippen LogP contribution in [0.3, 0.4) is 0 Å². The Balaban J connectivity index is 1.42. The zero-order chi connectivity index (χ0) is 23.2. The molecule has 0 fully saturated rings. The van der Waals surface area contributed by atoms with Crippen LogP contribution in [0.25, 0.3) is 10.8 Å². The Hall–Kier alpha value is -3.54. The monoisotopic (exact) mass is 478 g/mol. The van der Waals surface area contributed by atoms with Gasteiger partial charge in [-0.25, -0.2) is 5.43 Å². The van der Waals surface area contributed by atoms with Gasteiger partial charge in [-0.3, -0.25) is 4.79 Å². The molecule has 4 aromatic carbocycles. The maximum atomic E-state index is 12.4. The molecule has 7 heteroatoms. The van der Waals surface area contributed by atoms with Gasteiger partial charge in [-0.15, -0.1) is 0 Å². The lowest BCUT2D eigenvalue weighted by Crippen LogP contribution is -2.17. The molecule has 0 aromatic heterocycles. The van der Waals surface area contributed by atoms with Gasteiger partial charge in [0.2, 0.25) is 0 Å². The van der Waals surface area contributed by atoms with E-state index in [1.54, 1.807) is 49.6 Å². The standard InChI is InChI=1S/C26H20Cl2N2O3/c1-32-25-13-17(9-12-24(25)33-16-21-22(27)7-4-8-23(21)28)15-29-30-26(31)20-11-10-18-5-2-3-6-19(18)14-20/h2-15H,16H2,1H3,(H,30,31)/b29-15-. The molecule has 0 bridgehead atoms. The molecule has 0 aliphatic carbocycles. The van der Waals surface area contributed by atoms with E-state index in [0.29, 0.717) is 32.7 Å². The van der Waals surface area contributed by atoms with Gasteiger partial charge in [0, 0.05) is 21.2 Å². The number of fused-ring (bicyclic) bond motifs is 1. The summed E-state index contributed by atoms with van der Waals surface area (Å²) < 4.78 is 11.3. The summed E-state index contributed by atoms with van der Waals surface area (Å²) in [6, 6.07) is 24.0. The maximum absolute atomic E-state index is 12.4. The van der Waals surface area contributed by atoms with E-state index in [2.05, 4.69) is 10.5 Å². The van der Waals surface area contributed by atoms with Crippen LogP contribution < -0.4 is 14.9 Å². The van der Waals surface area contributed by atoms with E-state index in [0.717, 1.165) is 16.3 Å². The van der Waals surface area contributed by atoms with E-state index in [-0.39, 0.29) is 12.5 Å². The number of carbonyl (C=O) groups excluding carboxylic acids is 1. The highest BCUT2D eigenvalue weighted by atomic mass is 35.5. The van der Waals surface area contributed by atoms with Gasteiger partial charge < -0.3 is 9.47 Å². The first kappa shape index (κ1) is 22.6. The van der Waals surface area contributed by atoms with Crippen LogP contribution in [0.15, 0.2) is 84.0 Å². The van der Waals surface area contributed by atoms with Crippen LogP contribution in [0, 0.1) is 0 Å². The van der Waals surface area contributed by atoms with Crippen LogP contribution in [0.5, 0.6) is 11.5 Å². The topological polar surface area (TPSA) is 59.9 Å². The number of halogens is 2. The molecule has 0 atom stereocenters. The summed E-state index contributed by atoms with van der Waals surface area (Å²) in [4.78, 5) is 12.4. The third kappa shape index (κ3) is 5.45. The van der Waals surface area contributed by atoms with Crippen molar-refractivity contribution < 1.29 is 14.3 Å². The average molecular weight is 479 g/mol. The predicted octanol–water partition coefficient (Wildman–Crippen LogP) is 6.50. The number of rotatable bonds is 7. The van der Waals surface area contributed by atoms with Crippen LogP contribution in [0.2, 0.25) is 10.0 Å². The SMILES string of the molecule is COc1cc(/C=N\NC(=O)c2ccc3ccccc3c2)ccc1OCc1c(Cl)cccc1Cl. The Morgan fingerprint density at radius 2 is 1.67 bits per heavy atom. The minimum Gasteiger partial charge on any atom is -0.493 e. The van der Waals surface area contributed by atoms with E-state index >= 15 is 0 Å². The van der Waals surface area contributed by atoms with Gasteiger partial charge in [0.05, 0.1) is 13.3 Å². The fraction of sp³-hybridized carbons (Fsp3) is 0.0769. The Bertz CT molecular complexity index is 1320. The normalized spacial score (nSPS) is 11.0. The summed E-state index contributed by atoms with van der Waals surface area (Å²) in [5.74, 6) is 0.759. The van der Waals surface area contributed by atoms with Crippen molar-refractivity contribution >= 4 is 46.1 Å². The number of hydrogen-bond acceptors (Lipinski definition) is 4. The second kappa shape index (κ2) is 10.4. The highest BCUT2D eigenvalue weighted by molar-refractivity contribution is 6.35. The minimum absolute atomic E-state index is 0.199. The molecule has 0 saturated carbocycles. The van der Waals surface area contributed by atoms with Crippen LogP contribution in [0.4, 0.5) is 0 Å². The lowest BCUT2D eigenvalue weighted by Gasteiger charge is -2.13. The van der Waals surface area contributed by atoms with Gasteiger partial charge in [0.1, 0.15) is 6.61 Å². The van der Waals surface area contributed by atoms with Crippen molar-refractivity contribution in [3.8, 4) is 11.5 Å². The molecule has 166 valence electrons. The fourth-order valence-corrected chi connectivity index (χ4v) is 3.77. The zero-order valence-electron chi connectivity index (χ0n) is 17.7. The van der Waals surface area contributed by atoms with E-state index in [4.69, 9.17) is 32.7 Å². The van der Waals surface area contributed by atoms with Crippen LogP contribution >= 0.6 is 23.2 Å². The summed E-state index contributed by atoms with van der Waals surface area (Å²) in [5.41, 5.74) is 4.51. The van der Waals surface area contributed by atoms with Crippen LogP contribution in [-0.2, 0) is 6.61 Å². The van der Waals surface area contributed by atoms with Gasteiger partial charge in [0.15, 0.2) is 11.5 Å². The van der Waals surface area contributed by atoms with E-state index in [1.807, 2.05) is 36.4 Å². The number of nitrogens with zero attached hydrogens (tertiary/aromatic N) is 1. The van der Waals surface area contributed by atoms with Gasteiger partial charge in [0.25, 0.3) is 5.91 Å². The lowest BCUT2D eigenvalue weighted by atomic mass is 10.1. The zero-order valence-corrected chi connectivity index (χ0v) is 19.2. The number of hydrazone groups is 1. The van der Waals surface area contributed by atoms with Crippen molar-refractivity contribution in [2.45, 2.75) is 6.61 Å². The molecule has 0 saturated heterocycles. The Labute approximate surface area is 201 Å². The quantitative estimate of drug-likeness (QED) is 0.243. The number of carbonyl (C=O) groups is 1. The van der Waals surface area contributed by atoms with E-state index in [1.165, 1.54) is 6.21 Å². The first-order valence-corrected chi connectivity index (χ1v) is 10.9. The molecule has 0 aliphatic heterocycles. The molecule has 1 N–H and O–H groups in total. The molecule has 4 aromatic rings. The van der Waals surface area contributed by atoms with Crippen molar-refractivity contribution in [2.75, 3.05) is 7.11 Å². The first-order valence-electron chi connectivity index (χ1n) is 10.1. The molecular formula is C26H20Cl2N2O3. The van der Waals surface area contributed by atoms with Gasteiger partial charge in [-0.1, -0.05) is 59.6 Å². The summed E-state index contributed by atoms with van der Waals surface area (Å²) in [6.45, 7) is 0.199. The Morgan fingerprint density at radius 3 is 2.42 bits per heavy atom. The second-order valence-electron chi connectivity index (χ2n) is 7.16. The Kier molecular flexibility index (Phi) is 7.13. The molecule has 0 aliphatic rings. The van der Waals surface area contributed by atoms with Crippen LogP contribution in [-0.4, -0.2) is 19.2 Å². The molecule has 0 unspecified atom stereocenters. The first-order chi connectivity index (χ1) is 16.0. The maximum Gasteiger partial charge on any atom is 0.271 e. The highest BCUT2D eigenvalue weighted by Crippen LogP contribution is 2.31. The third-order valence-electron chi connectivity index (χ3n) is 5.01. The van der Waals surface area contributed by atoms with Crippen molar-refractivity contribution in [1.82, 2.24) is 5.43 Å². The smallest absolute Gasteiger partial charge is 0.271 e. The number of ether oxygens (including phenoxy) is 2. The predicted molar refractivity (Wildman–Crippen MR) is 133 cm³/mol. The fourth-order valence-electron chi connectivity index (χ4n) is 3.26. The van der Waals surface area contributed by atoms with E-state index in [9.17, 15) is 4.79 Å².